The molecule has 3 heterocycles. The maximum Gasteiger partial charge on any atom is 0.297 e. The van der Waals surface area contributed by atoms with Crippen LogP contribution in [0.1, 0.15) is 45.8 Å². The molecule has 8 heteroatoms. The summed E-state index contributed by atoms with van der Waals surface area (Å²) in [6.07, 6.45) is 0. The highest BCUT2D eigenvalue weighted by atomic mass is 32.1. The number of para-hydroxylation sites is 1. The Morgan fingerprint density at radius 2 is 1.86 bits per heavy atom. The van der Waals surface area contributed by atoms with Crippen LogP contribution in [0.15, 0.2) is 63.8 Å². The fourth-order valence-electron chi connectivity index (χ4n) is 5.02. The van der Waals surface area contributed by atoms with E-state index in [-0.39, 0.29) is 11.2 Å². The molecule has 1 atom stereocenters. The highest BCUT2D eigenvalue weighted by Gasteiger charge is 2.45. The standard InChI is InChI=1S/C29H24N2O5S/c1-5-35-20-11-10-17(14-21(20)34-4)25-23-26(32)18-8-6-7-9-19(18)36-27(23)28(33)31(25)29-30-24-16(3)12-15(2)13-22(24)37-29/h6-14,25H,5H2,1-4H3/t25-/m0/s1. The van der Waals surface area contributed by atoms with Gasteiger partial charge in [-0.2, -0.15) is 0 Å². The molecule has 0 aliphatic carbocycles. The van der Waals surface area contributed by atoms with Gasteiger partial charge in [0, 0.05) is 0 Å². The van der Waals surface area contributed by atoms with Crippen molar-refractivity contribution in [2.75, 3.05) is 18.6 Å². The lowest BCUT2D eigenvalue weighted by atomic mass is 9.98. The number of carbonyl (C=O) groups is 1. The van der Waals surface area contributed by atoms with Gasteiger partial charge in [-0.3, -0.25) is 14.5 Å². The van der Waals surface area contributed by atoms with Gasteiger partial charge in [0.2, 0.25) is 5.76 Å². The first-order valence-corrected chi connectivity index (χ1v) is 12.8. The molecule has 0 N–H and O–H groups in total. The third-order valence-electron chi connectivity index (χ3n) is 6.61. The molecule has 3 aromatic carbocycles. The molecule has 0 spiro atoms. The Labute approximate surface area is 216 Å². The first-order chi connectivity index (χ1) is 17.9. The summed E-state index contributed by atoms with van der Waals surface area (Å²) in [7, 11) is 1.56. The molecular formula is C29H24N2O5S. The summed E-state index contributed by atoms with van der Waals surface area (Å²) in [4.78, 5) is 34.2. The molecule has 0 saturated carbocycles. The molecule has 0 bridgehead atoms. The first-order valence-electron chi connectivity index (χ1n) is 12.0. The minimum atomic E-state index is -0.741. The van der Waals surface area contributed by atoms with Crippen LogP contribution in [0.4, 0.5) is 5.13 Å². The Morgan fingerprint density at radius 1 is 1.05 bits per heavy atom. The Bertz CT molecular complexity index is 1770. The van der Waals surface area contributed by atoms with E-state index in [1.165, 1.54) is 11.3 Å². The number of rotatable bonds is 5. The van der Waals surface area contributed by atoms with E-state index in [4.69, 9.17) is 18.9 Å². The Hall–Kier alpha value is -4.17. The largest absolute Gasteiger partial charge is 0.493 e. The molecule has 5 aromatic rings. The third-order valence-corrected chi connectivity index (χ3v) is 7.61. The Balaban J connectivity index is 1.62. The average Bonchev–Trinajstić information content (AvgIpc) is 3.43. The predicted molar refractivity (Wildman–Crippen MR) is 144 cm³/mol. The predicted octanol–water partition coefficient (Wildman–Crippen LogP) is 6.18. The van der Waals surface area contributed by atoms with E-state index in [0.717, 1.165) is 21.3 Å². The maximum absolute atomic E-state index is 13.9. The van der Waals surface area contributed by atoms with Gasteiger partial charge >= 0.3 is 0 Å². The van der Waals surface area contributed by atoms with Gasteiger partial charge in [0.05, 0.1) is 40.9 Å². The topological polar surface area (TPSA) is 81.9 Å². The lowest BCUT2D eigenvalue weighted by Gasteiger charge is -2.23. The van der Waals surface area contributed by atoms with Crippen molar-refractivity contribution in [1.29, 1.82) is 0 Å². The van der Waals surface area contributed by atoms with Gasteiger partial charge in [-0.05, 0) is 67.8 Å². The molecular weight excluding hydrogens is 488 g/mol. The number of fused-ring (bicyclic) bond motifs is 3. The molecule has 1 amide bonds. The van der Waals surface area contributed by atoms with Crippen LogP contribution in [-0.4, -0.2) is 24.6 Å². The van der Waals surface area contributed by atoms with Crippen molar-refractivity contribution in [3.63, 3.8) is 0 Å². The van der Waals surface area contributed by atoms with Crippen LogP contribution in [0.3, 0.4) is 0 Å². The number of thiazole rings is 1. The number of ether oxygens (including phenoxy) is 2. The van der Waals surface area contributed by atoms with Gasteiger partial charge in [-0.15, -0.1) is 0 Å². The molecule has 37 heavy (non-hydrogen) atoms. The smallest absolute Gasteiger partial charge is 0.297 e. The SMILES string of the molecule is CCOc1ccc([C@H]2c3c(oc4ccccc4c3=O)C(=O)N2c2nc3c(C)cc(C)cc3s2)cc1OC. The third kappa shape index (κ3) is 3.59. The molecule has 0 unspecified atom stereocenters. The summed E-state index contributed by atoms with van der Waals surface area (Å²) in [5, 5.41) is 0.927. The molecule has 1 aliphatic heterocycles. The number of aromatic nitrogens is 1. The lowest BCUT2D eigenvalue weighted by molar-refractivity contribution is 0.0971. The van der Waals surface area contributed by atoms with Crippen LogP contribution >= 0.6 is 11.3 Å². The van der Waals surface area contributed by atoms with E-state index in [1.54, 1.807) is 42.3 Å². The van der Waals surface area contributed by atoms with Crippen molar-refractivity contribution in [1.82, 2.24) is 4.98 Å². The number of amides is 1. The summed E-state index contributed by atoms with van der Waals surface area (Å²) >= 11 is 1.42. The van der Waals surface area contributed by atoms with Gasteiger partial charge < -0.3 is 13.9 Å². The summed E-state index contributed by atoms with van der Waals surface area (Å²) in [6, 6.07) is 15.8. The van der Waals surface area contributed by atoms with Crippen molar-refractivity contribution in [3.05, 3.63) is 92.8 Å². The second-order valence-corrected chi connectivity index (χ2v) is 10.0. The van der Waals surface area contributed by atoms with Gasteiger partial charge in [0.25, 0.3) is 5.91 Å². The molecule has 0 fully saturated rings. The molecule has 0 saturated heterocycles. The zero-order valence-electron chi connectivity index (χ0n) is 20.8. The summed E-state index contributed by atoms with van der Waals surface area (Å²) in [6.45, 7) is 6.42. The number of hydrogen-bond acceptors (Lipinski definition) is 7. The second-order valence-electron chi connectivity index (χ2n) is 9.02. The van der Waals surface area contributed by atoms with Gasteiger partial charge in [-0.25, -0.2) is 4.98 Å². The summed E-state index contributed by atoms with van der Waals surface area (Å²) in [5.74, 6) is 0.737. The fraction of sp³-hybridized carbons (Fsp3) is 0.207. The quantitative estimate of drug-likeness (QED) is 0.280. The van der Waals surface area contributed by atoms with Crippen molar-refractivity contribution in [2.45, 2.75) is 26.8 Å². The Kier molecular flexibility index (Phi) is 5.49. The Morgan fingerprint density at radius 3 is 2.65 bits per heavy atom. The van der Waals surface area contributed by atoms with Crippen LogP contribution in [0.5, 0.6) is 11.5 Å². The first kappa shape index (κ1) is 23.2. The summed E-state index contributed by atoms with van der Waals surface area (Å²) < 4.78 is 18.3. The van der Waals surface area contributed by atoms with E-state index < -0.39 is 11.9 Å². The normalized spacial score (nSPS) is 15.0. The van der Waals surface area contributed by atoms with Crippen LogP contribution < -0.4 is 19.8 Å². The fourth-order valence-corrected chi connectivity index (χ4v) is 6.19. The monoisotopic (exact) mass is 512 g/mol. The van der Waals surface area contributed by atoms with Crippen LogP contribution in [0.25, 0.3) is 21.2 Å². The van der Waals surface area contributed by atoms with Crippen LogP contribution in [-0.2, 0) is 0 Å². The van der Waals surface area contributed by atoms with E-state index in [0.29, 0.717) is 45.3 Å². The second kappa shape index (κ2) is 8.74. The lowest BCUT2D eigenvalue weighted by Crippen LogP contribution is -2.29. The number of nitrogens with zero attached hydrogens (tertiary/aromatic N) is 2. The van der Waals surface area contributed by atoms with Crippen LogP contribution in [0.2, 0.25) is 0 Å². The summed E-state index contributed by atoms with van der Waals surface area (Å²) in [5.41, 5.74) is 4.11. The van der Waals surface area contributed by atoms with Crippen LogP contribution in [0, 0.1) is 13.8 Å². The van der Waals surface area contributed by atoms with E-state index >= 15 is 0 Å². The highest BCUT2D eigenvalue weighted by molar-refractivity contribution is 7.22. The minimum Gasteiger partial charge on any atom is -0.493 e. The van der Waals surface area contributed by atoms with E-state index in [9.17, 15) is 9.59 Å². The number of methoxy groups -OCH3 is 1. The van der Waals surface area contributed by atoms with Crippen molar-refractivity contribution >= 4 is 43.6 Å². The number of carbonyl (C=O) groups excluding carboxylic acids is 1. The van der Waals surface area contributed by atoms with Crippen molar-refractivity contribution in [2.24, 2.45) is 0 Å². The number of hydrogen-bond donors (Lipinski definition) is 0. The average molecular weight is 513 g/mol. The molecule has 1 aliphatic rings. The zero-order valence-corrected chi connectivity index (χ0v) is 21.6. The number of benzene rings is 3. The number of anilines is 1. The molecule has 0 radical (unpaired) electrons. The molecule has 2 aromatic heterocycles. The van der Waals surface area contributed by atoms with Crippen molar-refractivity contribution < 1.29 is 18.7 Å². The van der Waals surface area contributed by atoms with Gasteiger partial charge in [0.1, 0.15) is 5.58 Å². The van der Waals surface area contributed by atoms with E-state index in [1.807, 2.05) is 32.9 Å². The van der Waals surface area contributed by atoms with Crippen molar-refractivity contribution in [3.8, 4) is 11.5 Å². The van der Waals surface area contributed by atoms with E-state index in [2.05, 4.69) is 12.1 Å². The highest BCUT2D eigenvalue weighted by Crippen LogP contribution is 2.45. The molecule has 6 rings (SSSR count). The molecule has 7 nitrogen and oxygen atoms in total. The van der Waals surface area contributed by atoms with Gasteiger partial charge in [-0.1, -0.05) is 35.6 Å². The minimum absolute atomic E-state index is 0.0358. The zero-order chi connectivity index (χ0) is 25.8. The maximum atomic E-state index is 13.9. The molecule has 186 valence electrons. The van der Waals surface area contributed by atoms with Gasteiger partial charge in [0.15, 0.2) is 22.1 Å². The number of aryl methyl sites for hydroxylation is 2.